The number of rotatable bonds is 4. The van der Waals surface area contributed by atoms with Crippen LogP contribution in [0.2, 0.25) is 5.02 Å². The molecule has 0 fully saturated rings. The molecule has 0 amide bonds. The molecule has 0 spiro atoms. The van der Waals surface area contributed by atoms with E-state index in [0.29, 0.717) is 5.13 Å². The zero-order chi connectivity index (χ0) is 14.7. The average Bonchev–Trinajstić information content (AvgIpc) is 2.92. The van der Waals surface area contributed by atoms with E-state index in [0.717, 1.165) is 9.36 Å². The number of thioether (sulfide) groups is 1. The summed E-state index contributed by atoms with van der Waals surface area (Å²) in [6.45, 7) is 0. The summed E-state index contributed by atoms with van der Waals surface area (Å²) in [7, 11) is 0. The summed E-state index contributed by atoms with van der Waals surface area (Å²) >= 11 is 9.03. The van der Waals surface area contributed by atoms with E-state index in [1.807, 2.05) is 42.5 Å². The molecule has 3 rings (SSSR count). The topological polar surface area (TPSA) is 51.8 Å². The molecule has 0 radical (unpaired) electrons. The molecule has 1 aromatic heterocycles. The van der Waals surface area contributed by atoms with Crippen molar-refractivity contribution in [3.05, 3.63) is 70.7 Å². The van der Waals surface area contributed by atoms with Crippen molar-refractivity contribution in [3.63, 3.8) is 0 Å². The van der Waals surface area contributed by atoms with Gasteiger partial charge in [0.15, 0.2) is 4.34 Å². The maximum atomic E-state index is 5.98. The van der Waals surface area contributed by atoms with E-state index >= 15 is 0 Å². The summed E-state index contributed by atoms with van der Waals surface area (Å²) in [6, 6.07) is 18.2. The van der Waals surface area contributed by atoms with Crippen LogP contribution in [0.1, 0.15) is 16.4 Å². The van der Waals surface area contributed by atoms with Gasteiger partial charge in [-0.3, -0.25) is 0 Å². The van der Waals surface area contributed by atoms with Gasteiger partial charge < -0.3 is 5.73 Å². The van der Waals surface area contributed by atoms with E-state index in [2.05, 4.69) is 22.3 Å². The molecule has 0 unspecified atom stereocenters. The normalized spacial score (nSPS) is 12.2. The number of nitrogens with zero attached hydrogens (tertiary/aromatic N) is 2. The highest BCUT2D eigenvalue weighted by Gasteiger charge is 2.18. The van der Waals surface area contributed by atoms with Gasteiger partial charge in [0.1, 0.15) is 0 Å². The van der Waals surface area contributed by atoms with Gasteiger partial charge in [-0.1, -0.05) is 77.2 Å². The van der Waals surface area contributed by atoms with Gasteiger partial charge in [0.05, 0.1) is 5.25 Å². The molecule has 0 bridgehead atoms. The summed E-state index contributed by atoms with van der Waals surface area (Å²) in [6.07, 6.45) is 0. The van der Waals surface area contributed by atoms with Crippen molar-refractivity contribution in [1.82, 2.24) is 10.2 Å². The maximum absolute atomic E-state index is 5.98. The third kappa shape index (κ3) is 3.56. The zero-order valence-corrected chi connectivity index (χ0v) is 13.3. The fourth-order valence-corrected chi connectivity index (χ4v) is 4.04. The molecule has 1 atom stereocenters. The molecule has 6 heteroatoms. The van der Waals surface area contributed by atoms with Crippen LogP contribution in [0.4, 0.5) is 5.13 Å². The number of hydrogen-bond donors (Lipinski definition) is 1. The van der Waals surface area contributed by atoms with Gasteiger partial charge in [0.25, 0.3) is 0 Å². The van der Waals surface area contributed by atoms with Crippen molar-refractivity contribution in [2.45, 2.75) is 9.59 Å². The summed E-state index contributed by atoms with van der Waals surface area (Å²) in [5, 5.41) is 9.33. The van der Waals surface area contributed by atoms with Crippen LogP contribution < -0.4 is 5.73 Å². The third-order valence-electron chi connectivity index (χ3n) is 2.92. The number of anilines is 1. The number of benzene rings is 2. The largest absolute Gasteiger partial charge is 0.374 e. The second kappa shape index (κ2) is 6.47. The Labute approximate surface area is 136 Å². The second-order valence-corrected chi connectivity index (χ2v) is 7.16. The van der Waals surface area contributed by atoms with Gasteiger partial charge in [-0.05, 0) is 23.3 Å². The summed E-state index contributed by atoms with van der Waals surface area (Å²) in [5.41, 5.74) is 8.04. The molecule has 0 aliphatic rings. The first-order valence-corrected chi connectivity index (χ1v) is 8.36. The molecular weight excluding hydrogens is 322 g/mol. The van der Waals surface area contributed by atoms with Gasteiger partial charge in [0, 0.05) is 5.02 Å². The maximum Gasteiger partial charge on any atom is 0.203 e. The van der Waals surface area contributed by atoms with Crippen LogP contribution in [0.5, 0.6) is 0 Å². The van der Waals surface area contributed by atoms with E-state index in [9.17, 15) is 0 Å². The fourth-order valence-electron chi connectivity index (χ4n) is 1.96. The van der Waals surface area contributed by atoms with Crippen LogP contribution in [0.3, 0.4) is 0 Å². The lowest BCUT2D eigenvalue weighted by Crippen LogP contribution is -1.96. The predicted octanol–water partition coefficient (Wildman–Crippen LogP) is 4.66. The number of halogens is 1. The molecule has 0 saturated heterocycles. The SMILES string of the molecule is Nc1nnc(S[C@H](c2ccccc2)c2ccc(Cl)cc2)s1. The van der Waals surface area contributed by atoms with Crippen molar-refractivity contribution in [1.29, 1.82) is 0 Å². The first-order chi connectivity index (χ1) is 10.2. The Hall–Kier alpha value is -1.56. The van der Waals surface area contributed by atoms with E-state index in [-0.39, 0.29) is 5.25 Å². The highest BCUT2D eigenvalue weighted by atomic mass is 35.5. The van der Waals surface area contributed by atoms with Crippen molar-refractivity contribution in [3.8, 4) is 0 Å². The molecule has 21 heavy (non-hydrogen) atoms. The quantitative estimate of drug-likeness (QED) is 0.706. The lowest BCUT2D eigenvalue weighted by molar-refractivity contribution is 1.01. The molecule has 1 heterocycles. The average molecular weight is 334 g/mol. The van der Waals surface area contributed by atoms with Crippen molar-refractivity contribution in [2.24, 2.45) is 0 Å². The highest BCUT2D eigenvalue weighted by Crippen LogP contribution is 2.41. The standard InChI is InChI=1S/C15H12ClN3S2/c16-12-8-6-11(7-9-12)13(10-4-2-1-3-5-10)20-15-19-18-14(17)21-15/h1-9,13H,(H2,17,18)/t13-/m1/s1. The monoisotopic (exact) mass is 333 g/mol. The summed E-state index contributed by atoms with van der Waals surface area (Å²) in [5.74, 6) is 0. The van der Waals surface area contributed by atoms with E-state index in [1.165, 1.54) is 22.5 Å². The number of nitrogens with two attached hydrogens (primary N) is 1. The fraction of sp³-hybridized carbons (Fsp3) is 0.0667. The summed E-state index contributed by atoms with van der Waals surface area (Å²) < 4.78 is 0.858. The Balaban J connectivity index is 1.96. The Kier molecular flexibility index (Phi) is 4.43. The number of nitrogen functional groups attached to an aromatic ring is 1. The first-order valence-electron chi connectivity index (χ1n) is 6.28. The third-order valence-corrected chi connectivity index (χ3v) is 5.32. The smallest absolute Gasteiger partial charge is 0.203 e. The molecule has 3 nitrogen and oxygen atoms in total. The van der Waals surface area contributed by atoms with Gasteiger partial charge in [0.2, 0.25) is 5.13 Å². The van der Waals surface area contributed by atoms with Crippen LogP contribution in [0.15, 0.2) is 58.9 Å². The lowest BCUT2D eigenvalue weighted by atomic mass is 10.0. The minimum absolute atomic E-state index is 0.135. The van der Waals surface area contributed by atoms with Crippen LogP contribution >= 0.6 is 34.7 Å². The molecule has 2 N–H and O–H groups in total. The molecule has 3 aromatic rings. The minimum atomic E-state index is 0.135. The first kappa shape index (κ1) is 14.4. The van der Waals surface area contributed by atoms with Crippen molar-refractivity contribution < 1.29 is 0 Å². The van der Waals surface area contributed by atoms with Crippen LogP contribution in [0.25, 0.3) is 0 Å². The molecule has 0 aliphatic carbocycles. The molecule has 0 aliphatic heterocycles. The zero-order valence-electron chi connectivity index (χ0n) is 10.9. The Morgan fingerprint density at radius 3 is 2.24 bits per heavy atom. The lowest BCUT2D eigenvalue weighted by Gasteiger charge is -2.16. The van der Waals surface area contributed by atoms with Crippen LogP contribution in [-0.2, 0) is 0 Å². The second-order valence-electron chi connectivity index (χ2n) is 4.37. The molecule has 2 aromatic carbocycles. The molecule has 106 valence electrons. The van der Waals surface area contributed by atoms with E-state index < -0.39 is 0 Å². The van der Waals surface area contributed by atoms with Crippen LogP contribution in [0, 0.1) is 0 Å². The van der Waals surface area contributed by atoms with Gasteiger partial charge in [-0.25, -0.2) is 0 Å². The predicted molar refractivity (Wildman–Crippen MR) is 89.9 cm³/mol. The van der Waals surface area contributed by atoms with Crippen molar-refractivity contribution >= 4 is 39.8 Å². The van der Waals surface area contributed by atoms with E-state index in [1.54, 1.807) is 11.8 Å². The van der Waals surface area contributed by atoms with E-state index in [4.69, 9.17) is 17.3 Å². The Morgan fingerprint density at radius 1 is 0.952 bits per heavy atom. The highest BCUT2D eigenvalue weighted by molar-refractivity contribution is 8.01. The molecule has 0 saturated carbocycles. The van der Waals surface area contributed by atoms with Gasteiger partial charge in [-0.15, -0.1) is 10.2 Å². The number of hydrogen-bond acceptors (Lipinski definition) is 5. The summed E-state index contributed by atoms with van der Waals surface area (Å²) in [4.78, 5) is 0. The number of aromatic nitrogens is 2. The van der Waals surface area contributed by atoms with Gasteiger partial charge in [-0.2, -0.15) is 0 Å². The van der Waals surface area contributed by atoms with Crippen molar-refractivity contribution in [2.75, 3.05) is 5.73 Å². The molecular formula is C15H12ClN3S2. The Bertz CT molecular complexity index is 713. The minimum Gasteiger partial charge on any atom is -0.374 e. The van der Waals surface area contributed by atoms with Gasteiger partial charge >= 0.3 is 0 Å². The van der Waals surface area contributed by atoms with Crippen LogP contribution in [-0.4, -0.2) is 10.2 Å². The Morgan fingerprint density at radius 2 is 1.62 bits per heavy atom.